The molecule has 6 aromatic rings. The third-order valence-corrected chi connectivity index (χ3v) is 16.6. The maximum atomic E-state index is 6.47. The number of anilines is 2. The van der Waals surface area contributed by atoms with Gasteiger partial charge in [-0.3, -0.25) is 0 Å². The van der Waals surface area contributed by atoms with Gasteiger partial charge in [0.15, 0.2) is 0 Å². The van der Waals surface area contributed by atoms with Gasteiger partial charge >= 0.3 is 278 Å². The van der Waals surface area contributed by atoms with Crippen LogP contribution in [0.25, 0.3) is 22.1 Å². The van der Waals surface area contributed by atoms with Crippen LogP contribution < -0.4 is 45.3 Å². The second-order valence-electron chi connectivity index (χ2n) is 13.5. The van der Waals surface area contributed by atoms with Gasteiger partial charge in [0.05, 0.1) is 0 Å². The molecular weight excluding hydrogens is 644 g/mol. The van der Waals surface area contributed by atoms with Crippen LogP contribution in [0.3, 0.4) is 0 Å². The number of furan rings is 1. The van der Waals surface area contributed by atoms with Crippen molar-refractivity contribution >= 4 is 87.8 Å². The Balaban J connectivity index is 1.17. The Kier molecular flexibility index (Phi) is 5.79. The molecule has 0 fully saturated rings. The molecule has 46 heavy (non-hydrogen) atoms. The molecular formula is C40H32BNO2SeSi. The topological polar surface area (TPSA) is 25.6 Å². The van der Waals surface area contributed by atoms with Gasteiger partial charge in [0.1, 0.15) is 0 Å². The van der Waals surface area contributed by atoms with Crippen molar-refractivity contribution in [1.82, 2.24) is 0 Å². The van der Waals surface area contributed by atoms with Crippen LogP contribution in [0.4, 0.5) is 11.4 Å². The number of para-hydroxylation sites is 3. The molecule has 0 spiro atoms. The summed E-state index contributed by atoms with van der Waals surface area (Å²) < 4.78 is 15.5. The second-order valence-corrected chi connectivity index (χ2v) is 20.1. The molecule has 10 rings (SSSR count). The number of allylic oxidation sites excluding steroid dienone is 2. The summed E-state index contributed by atoms with van der Waals surface area (Å²) in [5, 5.41) is 4.32. The molecule has 0 bridgehead atoms. The first kappa shape index (κ1) is 26.9. The monoisotopic (exact) mass is 677 g/mol. The SMILES string of the molecule is C[Si]1(C)c2ccc(-c3cccc4ccoc34)cc2B2c3ccc(N4C5=C(CCCC5)Oc5ccccc54)cc3[Se]c3cccc1c32. The van der Waals surface area contributed by atoms with E-state index in [9.17, 15) is 0 Å². The average Bonchev–Trinajstić information content (AvgIpc) is 3.58. The van der Waals surface area contributed by atoms with Crippen molar-refractivity contribution in [3.8, 4) is 16.9 Å². The predicted molar refractivity (Wildman–Crippen MR) is 196 cm³/mol. The quantitative estimate of drug-likeness (QED) is 0.241. The van der Waals surface area contributed by atoms with Gasteiger partial charge < -0.3 is 0 Å². The van der Waals surface area contributed by atoms with Gasteiger partial charge in [-0.05, 0) is 0 Å². The minimum atomic E-state index is -1.91. The predicted octanol–water partition coefficient (Wildman–Crippen LogP) is 5.04. The van der Waals surface area contributed by atoms with E-state index in [4.69, 9.17) is 9.15 Å². The summed E-state index contributed by atoms with van der Waals surface area (Å²) in [5.41, 5.74) is 11.7. The second kappa shape index (κ2) is 9.89. The van der Waals surface area contributed by atoms with E-state index >= 15 is 0 Å². The Morgan fingerprint density at radius 1 is 0.761 bits per heavy atom. The van der Waals surface area contributed by atoms with Crippen LogP contribution in [0, 0.1) is 0 Å². The fraction of sp³-hybridized carbons (Fsp3) is 0.150. The van der Waals surface area contributed by atoms with Gasteiger partial charge in [-0.2, -0.15) is 0 Å². The van der Waals surface area contributed by atoms with Crippen LogP contribution in [0.1, 0.15) is 25.7 Å². The third-order valence-electron chi connectivity index (χ3n) is 10.6. The molecule has 6 heteroatoms. The van der Waals surface area contributed by atoms with E-state index < -0.39 is 8.07 Å². The number of benzene rings is 5. The molecule has 4 heterocycles. The standard InChI is InChI=1S/C40H32BNO2SeSi/c1-46(2)37-20-17-26(28-10-7-9-25-21-22-43-40(25)28)23-30(37)41-29-19-18-27(24-36(29)45-35-15-8-16-38(46)39(35)41)42-31-11-3-5-13-33(31)44-34-14-6-4-12-32(34)42/h3,5,7-11,13,15-24H,4,6,12,14H2,1-2H3. The molecule has 4 aliphatic rings. The van der Waals surface area contributed by atoms with Crippen molar-refractivity contribution in [1.29, 1.82) is 0 Å². The van der Waals surface area contributed by atoms with Gasteiger partial charge in [0.2, 0.25) is 0 Å². The number of rotatable bonds is 2. The molecule has 0 N–H and O–H groups in total. The first-order valence-electron chi connectivity index (χ1n) is 16.4. The summed E-state index contributed by atoms with van der Waals surface area (Å²) in [6, 6.07) is 38.9. The number of nitrogens with zero attached hydrogens (tertiary/aromatic N) is 1. The molecule has 5 aromatic carbocycles. The Morgan fingerprint density at radius 2 is 1.65 bits per heavy atom. The molecule has 1 aliphatic carbocycles. The van der Waals surface area contributed by atoms with Crippen molar-refractivity contribution in [2.45, 2.75) is 38.8 Å². The van der Waals surface area contributed by atoms with E-state index in [0.29, 0.717) is 0 Å². The van der Waals surface area contributed by atoms with Crippen LogP contribution >= 0.6 is 0 Å². The fourth-order valence-corrected chi connectivity index (χ4v) is 14.4. The van der Waals surface area contributed by atoms with E-state index in [0.717, 1.165) is 41.0 Å². The van der Waals surface area contributed by atoms with E-state index in [2.05, 4.69) is 121 Å². The van der Waals surface area contributed by atoms with Crippen molar-refractivity contribution < 1.29 is 9.15 Å². The van der Waals surface area contributed by atoms with Gasteiger partial charge in [0.25, 0.3) is 0 Å². The number of fused-ring (bicyclic) bond motifs is 6. The molecule has 0 unspecified atom stereocenters. The Labute approximate surface area is 277 Å². The van der Waals surface area contributed by atoms with Gasteiger partial charge in [-0.15, -0.1) is 0 Å². The summed E-state index contributed by atoms with van der Waals surface area (Å²) >= 11 is 0.224. The number of hydrogen-bond acceptors (Lipinski definition) is 3. The number of hydrogen-bond donors (Lipinski definition) is 0. The summed E-state index contributed by atoms with van der Waals surface area (Å²) in [6.45, 7) is 5.32. The van der Waals surface area contributed by atoms with Gasteiger partial charge in [-0.1, -0.05) is 0 Å². The van der Waals surface area contributed by atoms with Crippen LogP contribution in [-0.2, 0) is 0 Å². The van der Waals surface area contributed by atoms with Crippen molar-refractivity contribution in [3.63, 3.8) is 0 Å². The zero-order chi connectivity index (χ0) is 30.6. The minimum absolute atomic E-state index is 0.224. The summed E-state index contributed by atoms with van der Waals surface area (Å²) in [4.78, 5) is 2.50. The fourth-order valence-electron chi connectivity index (χ4n) is 8.47. The average molecular weight is 677 g/mol. The summed E-state index contributed by atoms with van der Waals surface area (Å²) in [5.74, 6) is 2.12. The Hall–Kier alpha value is -4.22. The number of ether oxygens (including phenoxy) is 1. The van der Waals surface area contributed by atoms with Crippen LogP contribution in [0.5, 0.6) is 5.75 Å². The molecule has 0 saturated carbocycles. The van der Waals surface area contributed by atoms with Crippen LogP contribution in [0.15, 0.2) is 125 Å². The third kappa shape index (κ3) is 3.78. The molecule has 222 valence electrons. The Morgan fingerprint density at radius 3 is 2.61 bits per heavy atom. The van der Waals surface area contributed by atoms with Gasteiger partial charge in [-0.25, -0.2) is 0 Å². The maximum absolute atomic E-state index is 6.47. The van der Waals surface area contributed by atoms with Crippen LogP contribution in [0.2, 0.25) is 13.1 Å². The van der Waals surface area contributed by atoms with Crippen LogP contribution in [-0.4, -0.2) is 29.7 Å². The van der Waals surface area contributed by atoms with E-state index in [1.54, 1.807) is 26.6 Å². The molecule has 3 aliphatic heterocycles. The molecule has 3 nitrogen and oxygen atoms in total. The Bertz CT molecular complexity index is 2290. The molecule has 0 atom stereocenters. The van der Waals surface area contributed by atoms with Crippen molar-refractivity contribution in [3.05, 3.63) is 121 Å². The van der Waals surface area contributed by atoms with E-state index in [-0.39, 0.29) is 21.7 Å². The summed E-state index contributed by atoms with van der Waals surface area (Å²) in [6.07, 6.45) is 6.27. The van der Waals surface area contributed by atoms with E-state index in [1.807, 2.05) is 0 Å². The first-order valence-corrected chi connectivity index (χ1v) is 21.1. The summed E-state index contributed by atoms with van der Waals surface area (Å²) in [7, 11) is -1.91. The first-order chi connectivity index (χ1) is 22.6. The zero-order valence-electron chi connectivity index (χ0n) is 26.0. The molecule has 0 radical (unpaired) electrons. The normalized spacial score (nSPS) is 17.1. The van der Waals surface area contributed by atoms with Crippen molar-refractivity contribution in [2.24, 2.45) is 0 Å². The zero-order valence-corrected chi connectivity index (χ0v) is 28.7. The molecule has 1 aromatic heterocycles. The van der Waals surface area contributed by atoms with Gasteiger partial charge in [0, 0.05) is 0 Å². The van der Waals surface area contributed by atoms with E-state index in [1.165, 1.54) is 50.7 Å². The molecule has 0 saturated heterocycles. The van der Waals surface area contributed by atoms with Crippen molar-refractivity contribution in [2.75, 3.05) is 4.90 Å². The molecule has 0 amide bonds.